The zero-order valence-corrected chi connectivity index (χ0v) is 11.9. The molecule has 0 unspecified atom stereocenters. The number of aliphatic hydroxyl groups excluding tert-OH is 1. The van der Waals surface area contributed by atoms with Gasteiger partial charge in [-0.1, -0.05) is 0 Å². The number of hydrogen-bond acceptors (Lipinski definition) is 5. The first-order valence-electron chi connectivity index (χ1n) is 7.51. The summed E-state index contributed by atoms with van der Waals surface area (Å²) in [6.07, 6.45) is 4.63. The van der Waals surface area contributed by atoms with Crippen LogP contribution in [0.15, 0.2) is 0 Å². The third-order valence-corrected chi connectivity index (χ3v) is 4.52. The van der Waals surface area contributed by atoms with Crippen molar-refractivity contribution in [2.45, 2.75) is 31.8 Å². The number of aliphatic hydroxyl groups is 1. The smallest absolute Gasteiger partial charge is 0.0701 e. The second kappa shape index (κ2) is 7.55. The van der Waals surface area contributed by atoms with Crippen LogP contribution in [0.25, 0.3) is 0 Å². The van der Waals surface area contributed by atoms with Gasteiger partial charge in [0.05, 0.1) is 19.3 Å². The average Bonchev–Trinajstić information content (AvgIpc) is 2.47. The summed E-state index contributed by atoms with van der Waals surface area (Å²) < 4.78 is 11.1. The molecule has 0 aromatic rings. The molecule has 2 aliphatic rings. The van der Waals surface area contributed by atoms with Crippen molar-refractivity contribution >= 4 is 0 Å². The van der Waals surface area contributed by atoms with Gasteiger partial charge in [-0.3, -0.25) is 0 Å². The van der Waals surface area contributed by atoms with E-state index < -0.39 is 0 Å². The van der Waals surface area contributed by atoms with Crippen LogP contribution in [0.3, 0.4) is 0 Å². The van der Waals surface area contributed by atoms with Crippen LogP contribution in [-0.2, 0) is 9.47 Å². The number of rotatable bonds is 6. The predicted octanol–water partition coefficient (Wildman–Crippen LogP) is 0.215. The van der Waals surface area contributed by atoms with Gasteiger partial charge in [0.2, 0.25) is 0 Å². The van der Waals surface area contributed by atoms with Gasteiger partial charge in [-0.2, -0.15) is 0 Å². The molecule has 2 fully saturated rings. The molecule has 19 heavy (non-hydrogen) atoms. The topological polar surface area (TPSA) is 68.0 Å². The normalized spacial score (nSPS) is 25.6. The van der Waals surface area contributed by atoms with Crippen LogP contribution in [0.2, 0.25) is 0 Å². The Bertz CT molecular complexity index is 249. The molecular weight excluding hydrogens is 244 g/mol. The number of piperidine rings is 1. The van der Waals surface area contributed by atoms with Gasteiger partial charge in [0.1, 0.15) is 0 Å². The molecule has 0 aromatic carbocycles. The highest BCUT2D eigenvalue weighted by Gasteiger charge is 2.34. The van der Waals surface area contributed by atoms with Crippen LogP contribution >= 0.6 is 0 Å². The molecule has 3 N–H and O–H groups in total. The van der Waals surface area contributed by atoms with E-state index in [1.54, 1.807) is 0 Å². The van der Waals surface area contributed by atoms with E-state index in [1.807, 2.05) is 0 Å². The fraction of sp³-hybridized carbons (Fsp3) is 1.00. The summed E-state index contributed by atoms with van der Waals surface area (Å²) in [6.45, 7) is 6.32. The Balaban J connectivity index is 1.74. The molecule has 112 valence electrons. The largest absolute Gasteiger partial charge is 0.394 e. The number of likely N-dealkylation sites (tertiary alicyclic amines) is 1. The molecule has 0 saturated carbocycles. The molecule has 0 amide bonds. The Morgan fingerprint density at radius 3 is 2.53 bits per heavy atom. The van der Waals surface area contributed by atoms with E-state index in [0.717, 1.165) is 65.1 Å². The predicted molar refractivity (Wildman–Crippen MR) is 74.0 cm³/mol. The quantitative estimate of drug-likeness (QED) is 0.724. The SMILES string of the molecule is NCC1(CN2CCC(OCCO)CC2)CCOCC1. The van der Waals surface area contributed by atoms with E-state index in [4.69, 9.17) is 20.3 Å². The van der Waals surface area contributed by atoms with Crippen molar-refractivity contribution in [2.24, 2.45) is 11.1 Å². The van der Waals surface area contributed by atoms with E-state index in [-0.39, 0.29) is 12.0 Å². The second-order valence-corrected chi connectivity index (χ2v) is 5.89. The molecule has 0 atom stereocenters. The van der Waals surface area contributed by atoms with Gasteiger partial charge < -0.3 is 25.2 Å². The molecule has 5 nitrogen and oxygen atoms in total. The van der Waals surface area contributed by atoms with Crippen molar-refractivity contribution in [1.29, 1.82) is 0 Å². The highest BCUT2D eigenvalue weighted by Crippen LogP contribution is 2.31. The molecule has 5 heteroatoms. The highest BCUT2D eigenvalue weighted by molar-refractivity contribution is 4.87. The van der Waals surface area contributed by atoms with Crippen LogP contribution in [0.1, 0.15) is 25.7 Å². The maximum Gasteiger partial charge on any atom is 0.0701 e. The first kappa shape index (κ1) is 15.2. The van der Waals surface area contributed by atoms with Crippen molar-refractivity contribution in [2.75, 3.05) is 52.6 Å². The summed E-state index contributed by atoms with van der Waals surface area (Å²) in [5.74, 6) is 0. The number of ether oxygens (including phenoxy) is 2. The second-order valence-electron chi connectivity index (χ2n) is 5.89. The zero-order chi connectivity index (χ0) is 13.6. The molecule has 2 saturated heterocycles. The third-order valence-electron chi connectivity index (χ3n) is 4.52. The van der Waals surface area contributed by atoms with Crippen molar-refractivity contribution in [3.63, 3.8) is 0 Å². The van der Waals surface area contributed by atoms with Gasteiger partial charge in [0, 0.05) is 32.8 Å². The van der Waals surface area contributed by atoms with E-state index in [2.05, 4.69) is 4.90 Å². The fourth-order valence-corrected chi connectivity index (χ4v) is 3.16. The molecule has 0 radical (unpaired) electrons. The van der Waals surface area contributed by atoms with Gasteiger partial charge in [0.25, 0.3) is 0 Å². The minimum atomic E-state index is 0.122. The average molecular weight is 272 g/mol. The van der Waals surface area contributed by atoms with Crippen molar-refractivity contribution in [3.05, 3.63) is 0 Å². The Morgan fingerprint density at radius 1 is 1.26 bits per heavy atom. The number of hydrogen-bond donors (Lipinski definition) is 2. The van der Waals surface area contributed by atoms with Gasteiger partial charge in [-0.05, 0) is 37.6 Å². The monoisotopic (exact) mass is 272 g/mol. The fourth-order valence-electron chi connectivity index (χ4n) is 3.16. The minimum Gasteiger partial charge on any atom is -0.394 e. The molecule has 0 aromatic heterocycles. The van der Waals surface area contributed by atoms with E-state index in [1.165, 1.54) is 0 Å². The molecule has 2 heterocycles. The zero-order valence-electron chi connectivity index (χ0n) is 11.9. The maximum absolute atomic E-state index is 8.77. The van der Waals surface area contributed by atoms with Crippen LogP contribution in [0.5, 0.6) is 0 Å². The van der Waals surface area contributed by atoms with Crippen molar-refractivity contribution in [3.8, 4) is 0 Å². The summed E-state index contributed by atoms with van der Waals surface area (Å²) in [5.41, 5.74) is 6.27. The summed E-state index contributed by atoms with van der Waals surface area (Å²) >= 11 is 0. The lowest BCUT2D eigenvalue weighted by molar-refractivity contribution is -0.0321. The molecule has 2 rings (SSSR count). The lowest BCUT2D eigenvalue weighted by atomic mass is 9.79. The number of nitrogens with two attached hydrogens (primary N) is 1. The molecule has 0 spiro atoms. The standard InChI is InChI=1S/C14H28N2O3/c15-11-14(3-8-18-9-4-14)12-16-5-1-13(2-6-16)19-10-7-17/h13,17H,1-12,15H2. The van der Waals surface area contributed by atoms with Crippen molar-refractivity contribution < 1.29 is 14.6 Å². The van der Waals surface area contributed by atoms with Gasteiger partial charge in [-0.25, -0.2) is 0 Å². The summed E-state index contributed by atoms with van der Waals surface area (Å²) in [6, 6.07) is 0. The molecule has 0 bridgehead atoms. The maximum atomic E-state index is 8.77. The van der Waals surface area contributed by atoms with Crippen molar-refractivity contribution in [1.82, 2.24) is 4.90 Å². The number of nitrogens with zero attached hydrogens (tertiary/aromatic N) is 1. The van der Waals surface area contributed by atoms with Gasteiger partial charge >= 0.3 is 0 Å². The summed E-state index contributed by atoms with van der Waals surface area (Å²) in [7, 11) is 0. The third kappa shape index (κ3) is 4.39. The molecule has 0 aliphatic carbocycles. The summed E-state index contributed by atoms with van der Waals surface area (Å²) in [5, 5.41) is 8.77. The first-order valence-corrected chi connectivity index (χ1v) is 7.51. The molecular formula is C14H28N2O3. The lowest BCUT2D eigenvalue weighted by Crippen LogP contribution is -2.49. The highest BCUT2D eigenvalue weighted by atomic mass is 16.5. The van der Waals surface area contributed by atoms with Crippen LogP contribution < -0.4 is 5.73 Å². The van der Waals surface area contributed by atoms with Gasteiger partial charge in [0.15, 0.2) is 0 Å². The van der Waals surface area contributed by atoms with Gasteiger partial charge in [-0.15, -0.1) is 0 Å². The van der Waals surface area contributed by atoms with E-state index >= 15 is 0 Å². The lowest BCUT2D eigenvalue weighted by Gasteiger charge is -2.42. The Kier molecular flexibility index (Phi) is 6.04. The first-order chi connectivity index (χ1) is 9.28. The van der Waals surface area contributed by atoms with Crippen LogP contribution in [0, 0.1) is 5.41 Å². The Hall–Kier alpha value is -0.200. The van der Waals surface area contributed by atoms with Crippen LogP contribution in [0.4, 0.5) is 0 Å². The van der Waals surface area contributed by atoms with E-state index in [9.17, 15) is 0 Å². The van der Waals surface area contributed by atoms with E-state index in [0.29, 0.717) is 12.7 Å². The Labute approximate surface area is 116 Å². The molecule has 2 aliphatic heterocycles. The summed E-state index contributed by atoms with van der Waals surface area (Å²) in [4.78, 5) is 2.52. The van der Waals surface area contributed by atoms with Crippen LogP contribution in [-0.4, -0.2) is 68.7 Å². The Morgan fingerprint density at radius 2 is 1.95 bits per heavy atom. The minimum absolute atomic E-state index is 0.122.